The lowest BCUT2D eigenvalue weighted by Crippen LogP contribution is -1.94. The molecule has 0 fully saturated rings. The summed E-state index contributed by atoms with van der Waals surface area (Å²) in [6.45, 7) is 0. The van der Waals surface area contributed by atoms with Crippen LogP contribution in [0.1, 0.15) is 0 Å². The molecule has 0 aliphatic rings. The van der Waals surface area contributed by atoms with Crippen molar-refractivity contribution in [1.82, 2.24) is 4.57 Å². The van der Waals surface area contributed by atoms with Crippen LogP contribution in [0.4, 0.5) is 0 Å². The highest BCUT2D eigenvalue weighted by Gasteiger charge is 2.17. The summed E-state index contributed by atoms with van der Waals surface area (Å²) < 4.78 is 2.42. The monoisotopic (exact) mass is 671 g/mol. The van der Waals surface area contributed by atoms with Gasteiger partial charge >= 0.3 is 0 Å². The van der Waals surface area contributed by atoms with Crippen molar-refractivity contribution in [1.29, 1.82) is 0 Å². The Balaban J connectivity index is 1.07. The van der Waals surface area contributed by atoms with Gasteiger partial charge in [-0.1, -0.05) is 164 Å². The fraction of sp³-hybridized carbons (Fsp3) is 0. The third-order valence-corrected chi connectivity index (χ3v) is 11.2. The third kappa shape index (κ3) is 4.71. The molecule has 0 unspecified atom stereocenters. The first-order chi connectivity index (χ1) is 26.3. The quantitative estimate of drug-likeness (QED) is 0.161. The lowest BCUT2D eigenvalue weighted by molar-refractivity contribution is 1.18. The van der Waals surface area contributed by atoms with Crippen LogP contribution >= 0.6 is 0 Å². The molecule has 11 aromatic rings. The SMILES string of the molecule is c1ccc(-c2ccc3c(c2)c2cc(-c4ccccc4)ccc2n3-c2ccc(-c3ccc4ccc5c(-c6ccccc6)ccc6ccc3c4c65)cc2)cc1. The molecule has 0 atom stereocenters. The molecule has 53 heavy (non-hydrogen) atoms. The van der Waals surface area contributed by atoms with Crippen molar-refractivity contribution < 1.29 is 0 Å². The molecule has 1 heteroatoms. The van der Waals surface area contributed by atoms with Crippen molar-refractivity contribution in [2.75, 3.05) is 0 Å². The average Bonchev–Trinajstić information content (AvgIpc) is 3.56. The van der Waals surface area contributed by atoms with Gasteiger partial charge in [-0.15, -0.1) is 0 Å². The first kappa shape index (κ1) is 29.7. The van der Waals surface area contributed by atoms with Crippen LogP contribution in [-0.4, -0.2) is 4.57 Å². The maximum absolute atomic E-state index is 2.42. The highest BCUT2D eigenvalue weighted by molar-refractivity contribution is 6.27. The zero-order chi connectivity index (χ0) is 34.9. The number of benzene rings is 10. The number of rotatable bonds is 5. The van der Waals surface area contributed by atoms with Crippen molar-refractivity contribution in [3.05, 3.63) is 200 Å². The van der Waals surface area contributed by atoms with E-state index in [1.807, 2.05) is 0 Å². The van der Waals surface area contributed by atoms with Gasteiger partial charge in [-0.3, -0.25) is 0 Å². The van der Waals surface area contributed by atoms with E-state index >= 15 is 0 Å². The third-order valence-electron chi connectivity index (χ3n) is 11.2. The van der Waals surface area contributed by atoms with Crippen LogP contribution in [0.2, 0.25) is 0 Å². The van der Waals surface area contributed by atoms with Crippen molar-refractivity contribution in [2.45, 2.75) is 0 Å². The summed E-state index contributed by atoms with van der Waals surface area (Å²) in [5.74, 6) is 0. The van der Waals surface area contributed by atoms with Crippen LogP contribution in [-0.2, 0) is 0 Å². The molecule has 0 N–H and O–H groups in total. The number of nitrogens with zero attached hydrogens (tertiary/aromatic N) is 1. The molecule has 1 nitrogen and oxygen atoms in total. The molecular weight excluding hydrogens is 639 g/mol. The van der Waals surface area contributed by atoms with Gasteiger partial charge in [0.15, 0.2) is 0 Å². The smallest absolute Gasteiger partial charge is 0.0541 e. The normalized spacial score (nSPS) is 11.8. The Morgan fingerprint density at radius 2 is 0.660 bits per heavy atom. The van der Waals surface area contributed by atoms with Gasteiger partial charge in [0.2, 0.25) is 0 Å². The molecule has 0 aliphatic heterocycles. The van der Waals surface area contributed by atoms with Crippen LogP contribution in [0, 0.1) is 0 Å². The molecule has 1 heterocycles. The second-order valence-corrected chi connectivity index (χ2v) is 14.1. The summed E-state index contributed by atoms with van der Waals surface area (Å²) in [7, 11) is 0. The van der Waals surface area contributed by atoms with E-state index in [1.54, 1.807) is 0 Å². The predicted octanol–water partition coefficient (Wildman–Crippen LogP) is 14.3. The van der Waals surface area contributed by atoms with Gasteiger partial charge < -0.3 is 4.57 Å². The number of fused-ring (bicyclic) bond motifs is 3. The van der Waals surface area contributed by atoms with Crippen molar-refractivity contribution >= 4 is 54.1 Å². The summed E-state index contributed by atoms with van der Waals surface area (Å²) in [6, 6.07) is 73.4. The van der Waals surface area contributed by atoms with Gasteiger partial charge in [-0.05, 0) is 113 Å². The van der Waals surface area contributed by atoms with Gasteiger partial charge in [-0.2, -0.15) is 0 Å². The van der Waals surface area contributed by atoms with Crippen LogP contribution in [0.5, 0.6) is 0 Å². The molecule has 0 aliphatic carbocycles. The Morgan fingerprint density at radius 3 is 1.13 bits per heavy atom. The maximum Gasteiger partial charge on any atom is 0.0541 e. The molecule has 0 amide bonds. The number of hydrogen-bond acceptors (Lipinski definition) is 0. The predicted molar refractivity (Wildman–Crippen MR) is 226 cm³/mol. The lowest BCUT2D eigenvalue weighted by Gasteiger charge is -2.17. The first-order valence-electron chi connectivity index (χ1n) is 18.3. The second-order valence-electron chi connectivity index (χ2n) is 14.1. The Hall–Kier alpha value is -6.96. The molecular formula is C52H33N. The first-order valence-corrected chi connectivity index (χ1v) is 18.3. The zero-order valence-corrected chi connectivity index (χ0v) is 29.0. The van der Waals surface area contributed by atoms with E-state index in [9.17, 15) is 0 Å². The minimum absolute atomic E-state index is 1.15. The summed E-state index contributed by atoms with van der Waals surface area (Å²) >= 11 is 0. The number of aromatic nitrogens is 1. The minimum atomic E-state index is 1.15. The molecule has 0 radical (unpaired) electrons. The van der Waals surface area contributed by atoms with Gasteiger partial charge in [0, 0.05) is 16.5 Å². The van der Waals surface area contributed by atoms with E-state index in [2.05, 4.69) is 205 Å². The zero-order valence-electron chi connectivity index (χ0n) is 29.0. The van der Waals surface area contributed by atoms with E-state index < -0.39 is 0 Å². The molecule has 0 saturated heterocycles. The van der Waals surface area contributed by atoms with E-state index in [0.29, 0.717) is 0 Å². The van der Waals surface area contributed by atoms with Gasteiger partial charge in [-0.25, -0.2) is 0 Å². The summed E-state index contributed by atoms with van der Waals surface area (Å²) in [6.07, 6.45) is 0. The molecule has 10 aromatic carbocycles. The van der Waals surface area contributed by atoms with Crippen molar-refractivity contribution in [3.63, 3.8) is 0 Å². The van der Waals surface area contributed by atoms with Gasteiger partial charge in [0.05, 0.1) is 11.0 Å². The van der Waals surface area contributed by atoms with E-state index in [0.717, 1.165) is 5.69 Å². The van der Waals surface area contributed by atoms with Crippen LogP contribution in [0.3, 0.4) is 0 Å². The van der Waals surface area contributed by atoms with Gasteiger partial charge in [0.1, 0.15) is 0 Å². The van der Waals surface area contributed by atoms with Crippen LogP contribution < -0.4 is 0 Å². The van der Waals surface area contributed by atoms with Crippen molar-refractivity contribution in [2.24, 2.45) is 0 Å². The molecule has 0 saturated carbocycles. The standard InChI is InChI=1S/C52H33N/c1-4-10-34(11-5-1)40-22-30-49-47(32-40)48-33-41(35-12-6-2-7-13-35)23-31-50(48)53(49)42-24-16-37(17-25-42)44-27-19-39-20-28-45-43(36-14-8-3-9-15-36)26-18-38-21-29-46(44)52(39)51(38)45/h1-33H. The topological polar surface area (TPSA) is 4.93 Å². The molecule has 0 bridgehead atoms. The Morgan fingerprint density at radius 1 is 0.264 bits per heavy atom. The maximum atomic E-state index is 2.42. The Bertz CT molecular complexity index is 3020. The van der Waals surface area contributed by atoms with Crippen molar-refractivity contribution in [3.8, 4) is 50.2 Å². The van der Waals surface area contributed by atoms with E-state index in [-0.39, 0.29) is 0 Å². The Labute approximate surface area is 308 Å². The van der Waals surface area contributed by atoms with Gasteiger partial charge in [0.25, 0.3) is 0 Å². The summed E-state index contributed by atoms with van der Waals surface area (Å²) in [5, 5.41) is 10.3. The van der Waals surface area contributed by atoms with E-state index in [1.165, 1.54) is 98.6 Å². The highest BCUT2D eigenvalue weighted by Crippen LogP contribution is 2.43. The second kappa shape index (κ2) is 11.8. The fourth-order valence-corrected chi connectivity index (χ4v) is 8.63. The van der Waals surface area contributed by atoms with E-state index in [4.69, 9.17) is 0 Å². The van der Waals surface area contributed by atoms with Crippen LogP contribution in [0.15, 0.2) is 200 Å². The highest BCUT2D eigenvalue weighted by atomic mass is 15.0. The molecule has 1 aromatic heterocycles. The summed E-state index contributed by atoms with van der Waals surface area (Å²) in [4.78, 5) is 0. The fourth-order valence-electron chi connectivity index (χ4n) is 8.63. The Kier molecular flexibility index (Phi) is 6.62. The largest absolute Gasteiger partial charge is 0.309 e. The molecule has 246 valence electrons. The molecule has 11 rings (SSSR count). The molecule has 0 spiro atoms. The lowest BCUT2D eigenvalue weighted by atomic mass is 9.87. The summed E-state index contributed by atoms with van der Waals surface area (Å²) in [5.41, 5.74) is 13.5. The number of hydrogen-bond donors (Lipinski definition) is 0. The van der Waals surface area contributed by atoms with Crippen LogP contribution in [0.25, 0.3) is 104 Å². The minimum Gasteiger partial charge on any atom is -0.309 e. The average molecular weight is 672 g/mol.